The lowest BCUT2D eigenvalue weighted by molar-refractivity contribution is -0.274. The summed E-state index contributed by atoms with van der Waals surface area (Å²) in [4.78, 5) is 18.1. The smallest absolute Gasteiger partial charge is 0.405 e. The molecule has 2 aromatic rings. The number of ether oxygens (including phenoxy) is 1. The van der Waals surface area contributed by atoms with E-state index in [-0.39, 0.29) is 23.9 Å². The maximum absolute atomic E-state index is 12.5. The Morgan fingerprint density at radius 3 is 2.81 bits per heavy atom. The highest BCUT2D eigenvalue weighted by Crippen LogP contribution is 2.26. The molecule has 5 nitrogen and oxygen atoms in total. The second kappa shape index (κ2) is 8.28. The summed E-state index contributed by atoms with van der Waals surface area (Å²) in [7, 11) is 0. The van der Waals surface area contributed by atoms with Gasteiger partial charge in [-0.3, -0.25) is 4.98 Å². The van der Waals surface area contributed by atoms with E-state index in [0.717, 1.165) is 18.4 Å². The second-order valence-electron chi connectivity index (χ2n) is 6.48. The summed E-state index contributed by atoms with van der Waals surface area (Å²) in [6.45, 7) is 1.20. The van der Waals surface area contributed by atoms with Gasteiger partial charge in [0.15, 0.2) is 0 Å². The molecular formula is C19H20F3N3O2. The van der Waals surface area contributed by atoms with Crippen LogP contribution in [0.4, 0.5) is 18.0 Å². The molecule has 0 saturated carbocycles. The number of likely N-dealkylation sites (tertiary alicyclic amines) is 1. The highest BCUT2D eigenvalue weighted by atomic mass is 19.4. The topological polar surface area (TPSA) is 54.5 Å². The Labute approximate surface area is 155 Å². The average Bonchev–Trinajstić information content (AvgIpc) is 3.09. The van der Waals surface area contributed by atoms with E-state index in [4.69, 9.17) is 0 Å². The van der Waals surface area contributed by atoms with Gasteiger partial charge in [0.2, 0.25) is 0 Å². The first kappa shape index (κ1) is 19.0. The number of carbonyl (C=O) groups is 1. The molecule has 1 aliphatic rings. The number of nitrogens with one attached hydrogen (secondary N) is 1. The molecular weight excluding hydrogens is 359 g/mol. The van der Waals surface area contributed by atoms with Crippen molar-refractivity contribution in [1.82, 2.24) is 15.2 Å². The van der Waals surface area contributed by atoms with Gasteiger partial charge in [-0.05, 0) is 36.5 Å². The largest absolute Gasteiger partial charge is 0.573 e. The van der Waals surface area contributed by atoms with Gasteiger partial charge >= 0.3 is 12.4 Å². The third-order valence-electron chi connectivity index (χ3n) is 4.45. The Bertz CT molecular complexity index is 768. The molecule has 1 saturated heterocycles. The van der Waals surface area contributed by atoms with Crippen LogP contribution in [-0.4, -0.2) is 35.4 Å². The molecule has 27 heavy (non-hydrogen) atoms. The molecule has 144 valence electrons. The van der Waals surface area contributed by atoms with Gasteiger partial charge in [0.1, 0.15) is 5.75 Å². The van der Waals surface area contributed by atoms with Crippen LogP contribution in [0.5, 0.6) is 5.75 Å². The molecule has 1 aromatic carbocycles. The van der Waals surface area contributed by atoms with Crippen molar-refractivity contribution >= 4 is 6.03 Å². The summed E-state index contributed by atoms with van der Waals surface area (Å²) in [6.07, 6.45) is 0.503. The number of amides is 2. The Hall–Kier alpha value is -2.77. The minimum absolute atomic E-state index is 0.0329. The van der Waals surface area contributed by atoms with E-state index in [1.54, 1.807) is 17.2 Å². The van der Waals surface area contributed by atoms with Gasteiger partial charge in [0.25, 0.3) is 0 Å². The van der Waals surface area contributed by atoms with Crippen LogP contribution in [-0.2, 0) is 13.0 Å². The Balaban J connectivity index is 1.52. The predicted molar refractivity (Wildman–Crippen MR) is 93.0 cm³/mol. The van der Waals surface area contributed by atoms with E-state index in [9.17, 15) is 18.0 Å². The van der Waals surface area contributed by atoms with Crippen LogP contribution in [0, 0.1) is 5.92 Å². The Morgan fingerprint density at radius 2 is 2.07 bits per heavy atom. The average molecular weight is 379 g/mol. The number of pyridine rings is 1. The zero-order valence-corrected chi connectivity index (χ0v) is 14.6. The fourth-order valence-electron chi connectivity index (χ4n) is 3.19. The van der Waals surface area contributed by atoms with E-state index in [1.807, 2.05) is 18.3 Å². The van der Waals surface area contributed by atoms with E-state index in [1.165, 1.54) is 18.2 Å². The van der Waals surface area contributed by atoms with Crippen molar-refractivity contribution in [2.45, 2.75) is 25.7 Å². The lowest BCUT2D eigenvalue weighted by Crippen LogP contribution is -2.38. The van der Waals surface area contributed by atoms with Gasteiger partial charge in [0, 0.05) is 37.6 Å². The van der Waals surface area contributed by atoms with Gasteiger partial charge in [-0.2, -0.15) is 0 Å². The van der Waals surface area contributed by atoms with Gasteiger partial charge in [-0.1, -0.05) is 24.3 Å². The maximum Gasteiger partial charge on any atom is 0.573 e. The van der Waals surface area contributed by atoms with Crippen LogP contribution < -0.4 is 10.1 Å². The summed E-state index contributed by atoms with van der Waals surface area (Å²) < 4.78 is 41.4. The molecule has 3 rings (SSSR count). The highest BCUT2D eigenvalue weighted by molar-refractivity contribution is 5.74. The van der Waals surface area contributed by atoms with Crippen LogP contribution >= 0.6 is 0 Å². The number of halogens is 3. The first-order valence-electron chi connectivity index (χ1n) is 8.66. The summed E-state index contributed by atoms with van der Waals surface area (Å²) in [5.74, 6) is 0.0435. The number of aromatic nitrogens is 1. The highest BCUT2D eigenvalue weighted by Gasteiger charge is 2.32. The third kappa shape index (κ3) is 5.60. The van der Waals surface area contributed by atoms with Crippen molar-refractivity contribution < 1.29 is 22.7 Å². The maximum atomic E-state index is 12.5. The van der Waals surface area contributed by atoms with Crippen LogP contribution in [0.3, 0.4) is 0 Å². The van der Waals surface area contributed by atoms with Crippen molar-refractivity contribution in [3.63, 3.8) is 0 Å². The van der Waals surface area contributed by atoms with Crippen molar-refractivity contribution in [2.24, 2.45) is 5.92 Å². The number of hydrogen-bond donors (Lipinski definition) is 1. The number of urea groups is 1. The predicted octanol–water partition coefficient (Wildman–Crippen LogP) is 3.75. The quantitative estimate of drug-likeness (QED) is 0.861. The first-order valence-corrected chi connectivity index (χ1v) is 8.66. The molecule has 1 aliphatic heterocycles. The summed E-state index contributed by atoms with van der Waals surface area (Å²) in [5, 5.41) is 2.68. The monoisotopic (exact) mass is 379 g/mol. The van der Waals surface area contributed by atoms with Gasteiger partial charge in [-0.25, -0.2) is 4.79 Å². The number of hydrogen-bond acceptors (Lipinski definition) is 3. The molecule has 1 N–H and O–H groups in total. The molecule has 1 aromatic heterocycles. The molecule has 0 aliphatic carbocycles. The van der Waals surface area contributed by atoms with Gasteiger partial charge < -0.3 is 15.0 Å². The molecule has 0 spiro atoms. The molecule has 0 radical (unpaired) electrons. The minimum atomic E-state index is -4.77. The number of nitrogens with zero attached hydrogens (tertiary/aromatic N) is 2. The van der Waals surface area contributed by atoms with Crippen molar-refractivity contribution in [1.29, 1.82) is 0 Å². The molecule has 0 bridgehead atoms. The van der Waals surface area contributed by atoms with Crippen molar-refractivity contribution in [3.8, 4) is 5.75 Å². The van der Waals surface area contributed by atoms with Crippen LogP contribution in [0.1, 0.15) is 17.5 Å². The van der Waals surface area contributed by atoms with Crippen LogP contribution in [0.2, 0.25) is 0 Å². The summed E-state index contributed by atoms with van der Waals surface area (Å²) in [5.41, 5.74) is 1.40. The fraction of sp³-hybridized carbons (Fsp3) is 0.368. The molecule has 8 heteroatoms. The SMILES string of the molecule is O=C(NCc1ccccc1OC(F)(F)F)N1CCC(Cc2cccnc2)C1. The third-order valence-corrected chi connectivity index (χ3v) is 4.45. The molecule has 1 atom stereocenters. The zero-order valence-electron chi connectivity index (χ0n) is 14.6. The number of benzene rings is 1. The lowest BCUT2D eigenvalue weighted by Gasteiger charge is -2.18. The summed E-state index contributed by atoms with van der Waals surface area (Å²) in [6, 6.07) is 9.39. The normalized spacial score (nSPS) is 17.0. The molecule has 1 fully saturated rings. The number of alkyl halides is 3. The molecule has 2 heterocycles. The minimum Gasteiger partial charge on any atom is -0.405 e. The van der Waals surface area contributed by atoms with E-state index >= 15 is 0 Å². The standard InChI is InChI=1S/C19H20F3N3O2/c20-19(21,22)27-17-6-2-1-5-16(17)12-24-18(26)25-9-7-15(13-25)10-14-4-3-8-23-11-14/h1-6,8,11,15H,7,9-10,12-13H2,(H,24,26). The second-order valence-corrected chi connectivity index (χ2v) is 6.48. The Kier molecular flexibility index (Phi) is 5.83. The number of rotatable bonds is 5. The van der Waals surface area contributed by atoms with Crippen molar-refractivity contribution in [2.75, 3.05) is 13.1 Å². The molecule has 2 amide bonds. The van der Waals surface area contributed by atoms with Gasteiger partial charge in [0.05, 0.1) is 0 Å². The van der Waals surface area contributed by atoms with Crippen LogP contribution in [0.15, 0.2) is 48.8 Å². The first-order chi connectivity index (χ1) is 12.9. The van der Waals surface area contributed by atoms with E-state index in [0.29, 0.717) is 19.0 Å². The summed E-state index contributed by atoms with van der Waals surface area (Å²) >= 11 is 0. The number of para-hydroxylation sites is 1. The van der Waals surface area contributed by atoms with Crippen molar-refractivity contribution in [3.05, 3.63) is 59.9 Å². The lowest BCUT2D eigenvalue weighted by atomic mass is 10.0. The van der Waals surface area contributed by atoms with E-state index < -0.39 is 6.36 Å². The zero-order chi connectivity index (χ0) is 19.3. The fourth-order valence-corrected chi connectivity index (χ4v) is 3.19. The van der Waals surface area contributed by atoms with E-state index in [2.05, 4.69) is 15.0 Å². The number of carbonyl (C=O) groups excluding carboxylic acids is 1. The van der Waals surface area contributed by atoms with Crippen LogP contribution in [0.25, 0.3) is 0 Å². The Morgan fingerprint density at radius 1 is 1.26 bits per heavy atom. The van der Waals surface area contributed by atoms with Gasteiger partial charge in [-0.15, -0.1) is 13.2 Å². The molecule has 1 unspecified atom stereocenters.